The van der Waals surface area contributed by atoms with E-state index in [0.717, 1.165) is 5.56 Å². The number of hydrogen-bond acceptors (Lipinski definition) is 7. The lowest BCUT2D eigenvalue weighted by atomic mass is 10.1. The minimum Gasteiger partial charge on any atom is -0.496 e. The van der Waals surface area contributed by atoms with E-state index in [0.29, 0.717) is 6.61 Å². The van der Waals surface area contributed by atoms with Crippen molar-refractivity contribution in [1.82, 2.24) is 0 Å². The maximum Gasteiger partial charge on any atom is 0.338 e. The summed E-state index contributed by atoms with van der Waals surface area (Å²) in [6, 6.07) is 10.7. The summed E-state index contributed by atoms with van der Waals surface area (Å²) < 4.78 is 15.6. The van der Waals surface area contributed by atoms with E-state index in [1.54, 1.807) is 24.3 Å². The highest BCUT2D eigenvalue weighted by atomic mass is 16.6. The number of nitrogens with zero attached hydrogens (tertiary/aromatic N) is 1. The van der Waals surface area contributed by atoms with Crippen LogP contribution < -0.4 is 10.1 Å². The number of hydrogen-bond donors (Lipinski definition) is 1. The molecule has 0 saturated carbocycles. The fourth-order valence-corrected chi connectivity index (χ4v) is 2.41. The highest BCUT2D eigenvalue weighted by Crippen LogP contribution is 2.29. The number of nitro benzene ring substituents is 1. The Bertz CT molecular complexity index is 910. The molecule has 0 radical (unpaired) electrons. The monoisotopic (exact) mass is 416 g/mol. The summed E-state index contributed by atoms with van der Waals surface area (Å²) in [6.07, 6.45) is -1.07. The molecule has 1 N–H and O–H groups in total. The van der Waals surface area contributed by atoms with Crippen LogP contribution in [0.1, 0.15) is 36.7 Å². The molecule has 0 unspecified atom stereocenters. The van der Waals surface area contributed by atoms with Crippen LogP contribution >= 0.6 is 0 Å². The Labute approximate surface area is 174 Å². The van der Waals surface area contributed by atoms with Crippen molar-refractivity contribution in [3.05, 3.63) is 63.7 Å². The normalized spacial score (nSPS) is 11.6. The summed E-state index contributed by atoms with van der Waals surface area (Å²) in [5, 5.41) is 13.6. The van der Waals surface area contributed by atoms with Crippen molar-refractivity contribution in [3.8, 4) is 5.75 Å². The van der Waals surface area contributed by atoms with Crippen LogP contribution in [0.2, 0.25) is 0 Å². The number of methoxy groups -OCH3 is 1. The maximum absolute atomic E-state index is 12.4. The highest BCUT2D eigenvalue weighted by Gasteiger charge is 2.23. The minimum absolute atomic E-state index is 0.0248. The Kier molecular flexibility index (Phi) is 7.88. The van der Waals surface area contributed by atoms with Gasteiger partial charge in [0.25, 0.3) is 11.6 Å². The molecule has 9 heteroatoms. The fourth-order valence-electron chi connectivity index (χ4n) is 2.41. The third-order valence-electron chi connectivity index (χ3n) is 4.09. The Morgan fingerprint density at radius 3 is 2.33 bits per heavy atom. The van der Waals surface area contributed by atoms with Crippen molar-refractivity contribution in [3.63, 3.8) is 0 Å². The second-order valence-corrected chi connectivity index (χ2v) is 6.73. The molecule has 0 saturated heterocycles. The number of benzene rings is 2. The van der Waals surface area contributed by atoms with Crippen molar-refractivity contribution in [2.75, 3.05) is 12.4 Å². The Hall–Kier alpha value is -3.46. The Morgan fingerprint density at radius 2 is 1.77 bits per heavy atom. The number of esters is 1. The van der Waals surface area contributed by atoms with Crippen LogP contribution in [-0.4, -0.2) is 36.1 Å². The summed E-state index contributed by atoms with van der Waals surface area (Å²) in [5.41, 5.74) is 0.819. The van der Waals surface area contributed by atoms with E-state index in [2.05, 4.69) is 5.32 Å². The van der Waals surface area contributed by atoms with E-state index in [4.69, 9.17) is 14.2 Å². The average molecular weight is 416 g/mol. The maximum atomic E-state index is 12.4. The van der Waals surface area contributed by atoms with Gasteiger partial charge in [0.2, 0.25) is 0 Å². The number of carbonyl (C=O) groups is 2. The second-order valence-electron chi connectivity index (χ2n) is 6.73. The van der Waals surface area contributed by atoms with Gasteiger partial charge in [0.05, 0.1) is 36.4 Å². The molecule has 160 valence electrons. The molecule has 0 aliphatic rings. The fraction of sp³-hybridized carbons (Fsp3) is 0.333. The van der Waals surface area contributed by atoms with Crippen LogP contribution in [0.5, 0.6) is 5.75 Å². The number of nitro groups is 1. The molecule has 0 bridgehead atoms. The van der Waals surface area contributed by atoms with E-state index in [1.165, 1.54) is 32.2 Å². The lowest BCUT2D eigenvalue weighted by Gasteiger charge is -2.14. The molecule has 2 rings (SSSR count). The van der Waals surface area contributed by atoms with Crippen LogP contribution in [0.4, 0.5) is 11.4 Å². The molecule has 0 aromatic heterocycles. The van der Waals surface area contributed by atoms with E-state index >= 15 is 0 Å². The van der Waals surface area contributed by atoms with Gasteiger partial charge in [0, 0.05) is 0 Å². The van der Waals surface area contributed by atoms with Gasteiger partial charge in [-0.1, -0.05) is 12.1 Å². The molecule has 0 spiro atoms. The van der Waals surface area contributed by atoms with Crippen molar-refractivity contribution < 1.29 is 28.7 Å². The zero-order valence-electron chi connectivity index (χ0n) is 17.2. The van der Waals surface area contributed by atoms with E-state index in [1.807, 2.05) is 13.8 Å². The van der Waals surface area contributed by atoms with Crippen LogP contribution in [0.25, 0.3) is 0 Å². The molecule has 1 atom stereocenters. The quantitative estimate of drug-likeness (QED) is 0.376. The van der Waals surface area contributed by atoms with Crippen molar-refractivity contribution in [2.45, 2.75) is 39.6 Å². The SMILES string of the molecule is COc1ccc(NC(=O)[C@H](C)OC(=O)c2ccc(COC(C)C)cc2)c([N+](=O)[O-])c1. The van der Waals surface area contributed by atoms with Gasteiger partial charge in [-0.2, -0.15) is 0 Å². The molecule has 2 aromatic rings. The van der Waals surface area contributed by atoms with Crippen molar-refractivity contribution in [1.29, 1.82) is 0 Å². The summed E-state index contributed by atoms with van der Waals surface area (Å²) in [4.78, 5) is 35.2. The van der Waals surface area contributed by atoms with E-state index in [-0.39, 0.29) is 28.8 Å². The smallest absolute Gasteiger partial charge is 0.338 e. The van der Waals surface area contributed by atoms with Gasteiger partial charge in [-0.3, -0.25) is 14.9 Å². The minimum atomic E-state index is -1.16. The van der Waals surface area contributed by atoms with E-state index < -0.39 is 22.9 Å². The summed E-state index contributed by atoms with van der Waals surface area (Å²) in [6.45, 7) is 5.66. The highest BCUT2D eigenvalue weighted by molar-refractivity contribution is 5.98. The van der Waals surface area contributed by atoms with Gasteiger partial charge in [-0.25, -0.2) is 4.79 Å². The lowest BCUT2D eigenvalue weighted by molar-refractivity contribution is -0.384. The number of rotatable bonds is 9. The number of anilines is 1. The standard InChI is InChI=1S/C21H24N2O7/c1-13(2)29-12-15-5-7-16(8-6-15)21(25)30-14(3)20(24)22-18-10-9-17(28-4)11-19(18)23(26)27/h5-11,13-14H,12H2,1-4H3,(H,22,24)/t14-/m0/s1. The van der Waals surface area contributed by atoms with Gasteiger partial charge in [0.15, 0.2) is 6.10 Å². The zero-order valence-corrected chi connectivity index (χ0v) is 17.2. The third kappa shape index (κ3) is 6.28. The molecule has 1 amide bonds. The number of amides is 1. The van der Waals surface area contributed by atoms with Crippen molar-refractivity contribution >= 4 is 23.3 Å². The molecular weight excluding hydrogens is 392 g/mol. The van der Waals surface area contributed by atoms with Gasteiger partial charge in [-0.15, -0.1) is 0 Å². The molecule has 0 aliphatic heterocycles. The zero-order chi connectivity index (χ0) is 22.3. The number of carbonyl (C=O) groups excluding carboxylic acids is 2. The predicted octanol–water partition coefficient (Wildman–Crippen LogP) is 3.71. The third-order valence-corrected chi connectivity index (χ3v) is 4.09. The first kappa shape index (κ1) is 22.8. The average Bonchev–Trinajstić information content (AvgIpc) is 2.72. The predicted molar refractivity (Wildman–Crippen MR) is 110 cm³/mol. The lowest BCUT2D eigenvalue weighted by Crippen LogP contribution is -2.30. The van der Waals surface area contributed by atoms with Crippen LogP contribution in [0.3, 0.4) is 0 Å². The number of nitrogens with one attached hydrogen (secondary N) is 1. The van der Waals surface area contributed by atoms with Gasteiger partial charge in [0.1, 0.15) is 11.4 Å². The largest absolute Gasteiger partial charge is 0.496 e. The molecule has 30 heavy (non-hydrogen) atoms. The van der Waals surface area contributed by atoms with Gasteiger partial charge < -0.3 is 19.5 Å². The first-order valence-corrected chi connectivity index (χ1v) is 9.26. The van der Waals surface area contributed by atoms with Crippen molar-refractivity contribution in [2.24, 2.45) is 0 Å². The number of ether oxygens (including phenoxy) is 3. The molecule has 2 aromatic carbocycles. The second kappa shape index (κ2) is 10.4. The summed E-state index contributed by atoms with van der Waals surface area (Å²) in [5.74, 6) is -1.10. The first-order valence-electron chi connectivity index (χ1n) is 9.26. The van der Waals surface area contributed by atoms with Crippen LogP contribution in [-0.2, 0) is 20.9 Å². The first-order chi connectivity index (χ1) is 14.2. The molecular formula is C21H24N2O7. The molecule has 0 fully saturated rings. The van der Waals surface area contributed by atoms with Crippen LogP contribution in [0, 0.1) is 10.1 Å². The van der Waals surface area contributed by atoms with Gasteiger partial charge in [-0.05, 0) is 50.6 Å². The van der Waals surface area contributed by atoms with Crippen LogP contribution in [0.15, 0.2) is 42.5 Å². The summed E-state index contributed by atoms with van der Waals surface area (Å²) >= 11 is 0. The molecule has 9 nitrogen and oxygen atoms in total. The van der Waals surface area contributed by atoms with E-state index in [9.17, 15) is 19.7 Å². The molecule has 0 heterocycles. The van der Waals surface area contributed by atoms with Gasteiger partial charge >= 0.3 is 5.97 Å². The summed E-state index contributed by atoms with van der Waals surface area (Å²) in [7, 11) is 1.38. The molecule has 0 aliphatic carbocycles. The Balaban J connectivity index is 2.00. The Morgan fingerprint density at radius 1 is 1.10 bits per heavy atom. The topological polar surface area (TPSA) is 117 Å².